The van der Waals surface area contributed by atoms with Crippen LogP contribution in [0, 0.1) is 17.5 Å². The SMILES string of the molecule is O=C1CCC[C@]2(CN(Cc3cccc(-c4cccc(F)c4)c3)C[C@H]2c2ccc(F)c(F)c2)N1. The van der Waals surface area contributed by atoms with Crippen molar-refractivity contribution in [2.45, 2.75) is 37.3 Å². The molecule has 3 aromatic carbocycles. The van der Waals surface area contributed by atoms with Crippen molar-refractivity contribution in [2.75, 3.05) is 13.1 Å². The summed E-state index contributed by atoms with van der Waals surface area (Å²) in [6.45, 7) is 1.89. The highest BCUT2D eigenvalue weighted by Crippen LogP contribution is 2.42. The Hall–Kier alpha value is -3.12. The molecular weight excluding hydrogens is 425 g/mol. The van der Waals surface area contributed by atoms with Gasteiger partial charge in [-0.2, -0.15) is 0 Å². The predicted molar refractivity (Wildman–Crippen MR) is 121 cm³/mol. The number of nitrogens with one attached hydrogen (secondary N) is 1. The number of hydrogen-bond acceptors (Lipinski definition) is 2. The number of halogens is 3. The first-order valence-electron chi connectivity index (χ1n) is 11.3. The molecule has 0 radical (unpaired) electrons. The lowest BCUT2D eigenvalue weighted by atomic mass is 9.76. The lowest BCUT2D eigenvalue weighted by molar-refractivity contribution is -0.125. The van der Waals surface area contributed by atoms with E-state index in [9.17, 15) is 18.0 Å². The Bertz CT molecular complexity index is 1200. The first-order chi connectivity index (χ1) is 15.9. The van der Waals surface area contributed by atoms with Gasteiger partial charge in [0.2, 0.25) is 5.91 Å². The molecule has 1 amide bonds. The van der Waals surface area contributed by atoms with E-state index in [2.05, 4.69) is 10.2 Å². The maximum absolute atomic E-state index is 14.0. The van der Waals surface area contributed by atoms with Crippen molar-refractivity contribution >= 4 is 5.91 Å². The zero-order valence-corrected chi connectivity index (χ0v) is 18.2. The highest BCUT2D eigenvalue weighted by atomic mass is 19.2. The molecule has 3 aromatic rings. The van der Waals surface area contributed by atoms with Crippen molar-refractivity contribution in [3.05, 3.63) is 95.3 Å². The van der Waals surface area contributed by atoms with Crippen molar-refractivity contribution in [3.8, 4) is 11.1 Å². The van der Waals surface area contributed by atoms with E-state index in [1.54, 1.807) is 12.1 Å². The summed E-state index contributed by atoms with van der Waals surface area (Å²) in [6, 6.07) is 18.5. The van der Waals surface area contributed by atoms with E-state index in [4.69, 9.17) is 0 Å². The molecule has 2 heterocycles. The van der Waals surface area contributed by atoms with Gasteiger partial charge in [-0.05, 0) is 65.4 Å². The van der Waals surface area contributed by atoms with Crippen molar-refractivity contribution in [3.63, 3.8) is 0 Å². The molecule has 1 N–H and O–H groups in total. The standard InChI is InChI=1S/C27H25F3N2O/c28-22-7-2-6-20(13-22)19-5-1-4-18(12-19)15-32-16-23(21-9-10-24(29)25(30)14-21)27(17-32)11-3-8-26(33)31-27/h1-2,4-7,9-10,12-14,23H,3,8,11,15-17H2,(H,31,33)/t23-,27+/m0/s1. The molecule has 6 heteroatoms. The first-order valence-corrected chi connectivity index (χ1v) is 11.3. The zero-order chi connectivity index (χ0) is 23.0. The molecule has 2 aliphatic rings. The van der Waals surface area contributed by atoms with E-state index in [0.29, 0.717) is 31.6 Å². The second kappa shape index (κ2) is 8.67. The maximum atomic E-state index is 14.0. The summed E-state index contributed by atoms with van der Waals surface area (Å²) >= 11 is 0. The summed E-state index contributed by atoms with van der Waals surface area (Å²) < 4.78 is 41.3. The highest BCUT2D eigenvalue weighted by molar-refractivity contribution is 5.78. The Kier molecular flexibility index (Phi) is 5.71. The molecule has 3 nitrogen and oxygen atoms in total. The topological polar surface area (TPSA) is 32.3 Å². The van der Waals surface area contributed by atoms with E-state index in [1.807, 2.05) is 30.3 Å². The lowest BCUT2D eigenvalue weighted by Gasteiger charge is -2.39. The molecule has 5 rings (SSSR count). The molecule has 0 unspecified atom stereocenters. The zero-order valence-electron chi connectivity index (χ0n) is 18.2. The fraction of sp³-hybridized carbons (Fsp3) is 0.296. The number of hydrogen-bond donors (Lipinski definition) is 1. The molecule has 0 aromatic heterocycles. The summed E-state index contributed by atoms with van der Waals surface area (Å²) in [6.07, 6.45) is 2.05. The third-order valence-electron chi connectivity index (χ3n) is 6.87. The minimum absolute atomic E-state index is 0.00350. The smallest absolute Gasteiger partial charge is 0.220 e. The summed E-state index contributed by atoms with van der Waals surface area (Å²) in [5.74, 6) is -2.15. The largest absolute Gasteiger partial charge is 0.349 e. The molecule has 0 aliphatic carbocycles. The van der Waals surface area contributed by atoms with Crippen molar-refractivity contribution < 1.29 is 18.0 Å². The number of likely N-dealkylation sites (tertiary alicyclic amines) is 1. The van der Waals surface area contributed by atoms with Gasteiger partial charge in [-0.1, -0.05) is 36.4 Å². The van der Waals surface area contributed by atoms with Crippen LogP contribution in [-0.2, 0) is 11.3 Å². The summed E-state index contributed by atoms with van der Waals surface area (Å²) in [7, 11) is 0. The molecule has 170 valence electrons. The van der Waals surface area contributed by atoms with Gasteiger partial charge < -0.3 is 5.32 Å². The van der Waals surface area contributed by atoms with Gasteiger partial charge in [0.05, 0.1) is 5.54 Å². The minimum Gasteiger partial charge on any atom is -0.349 e. The van der Waals surface area contributed by atoms with E-state index in [1.165, 1.54) is 18.2 Å². The third-order valence-corrected chi connectivity index (χ3v) is 6.87. The van der Waals surface area contributed by atoms with Crippen LogP contribution >= 0.6 is 0 Å². The Labute approximate surface area is 191 Å². The fourth-order valence-corrected chi connectivity index (χ4v) is 5.40. The van der Waals surface area contributed by atoms with Crippen LogP contribution in [0.15, 0.2) is 66.7 Å². The summed E-state index contributed by atoms with van der Waals surface area (Å²) in [5.41, 5.74) is 3.02. The molecule has 2 aliphatic heterocycles. The maximum Gasteiger partial charge on any atom is 0.220 e. The van der Waals surface area contributed by atoms with Gasteiger partial charge in [0.25, 0.3) is 0 Å². The normalized spacial score (nSPS) is 23.1. The molecule has 0 saturated carbocycles. The second-order valence-corrected chi connectivity index (χ2v) is 9.16. The van der Waals surface area contributed by atoms with Crippen LogP contribution in [-0.4, -0.2) is 29.4 Å². The molecule has 2 atom stereocenters. The predicted octanol–water partition coefficient (Wildman–Crippen LogP) is 5.41. The number of carbonyl (C=O) groups is 1. The third kappa shape index (κ3) is 4.40. The van der Waals surface area contributed by atoms with Crippen LogP contribution in [0.3, 0.4) is 0 Å². The molecule has 1 spiro atoms. The van der Waals surface area contributed by atoms with Gasteiger partial charge in [-0.15, -0.1) is 0 Å². The molecule has 2 saturated heterocycles. The molecule has 0 bridgehead atoms. The summed E-state index contributed by atoms with van der Waals surface area (Å²) in [4.78, 5) is 14.6. The number of nitrogens with zero attached hydrogens (tertiary/aromatic N) is 1. The van der Waals surface area contributed by atoms with Gasteiger partial charge in [-0.3, -0.25) is 9.69 Å². The number of piperidine rings is 1. The Balaban J connectivity index is 1.42. The minimum atomic E-state index is -0.871. The Morgan fingerprint density at radius 1 is 0.939 bits per heavy atom. The van der Waals surface area contributed by atoms with Gasteiger partial charge in [0.15, 0.2) is 11.6 Å². The van der Waals surface area contributed by atoms with Crippen LogP contribution in [0.5, 0.6) is 0 Å². The first kappa shape index (κ1) is 21.7. The van der Waals surface area contributed by atoms with Crippen LogP contribution in [0.2, 0.25) is 0 Å². The number of rotatable bonds is 4. The number of benzene rings is 3. The van der Waals surface area contributed by atoms with Crippen LogP contribution in [0.1, 0.15) is 36.3 Å². The monoisotopic (exact) mass is 450 g/mol. The van der Waals surface area contributed by atoms with Crippen LogP contribution in [0.4, 0.5) is 13.2 Å². The van der Waals surface area contributed by atoms with E-state index in [0.717, 1.165) is 35.6 Å². The lowest BCUT2D eigenvalue weighted by Crippen LogP contribution is -2.56. The highest BCUT2D eigenvalue weighted by Gasteiger charge is 2.49. The van der Waals surface area contributed by atoms with Gasteiger partial charge in [0.1, 0.15) is 5.82 Å². The van der Waals surface area contributed by atoms with Crippen molar-refractivity contribution in [2.24, 2.45) is 0 Å². The van der Waals surface area contributed by atoms with Crippen molar-refractivity contribution in [1.82, 2.24) is 10.2 Å². The average Bonchev–Trinajstić information content (AvgIpc) is 3.12. The van der Waals surface area contributed by atoms with Gasteiger partial charge in [-0.25, -0.2) is 13.2 Å². The number of amides is 1. The second-order valence-electron chi connectivity index (χ2n) is 9.16. The van der Waals surface area contributed by atoms with E-state index < -0.39 is 17.2 Å². The van der Waals surface area contributed by atoms with Crippen LogP contribution in [0.25, 0.3) is 11.1 Å². The Morgan fingerprint density at radius 3 is 2.48 bits per heavy atom. The van der Waals surface area contributed by atoms with E-state index in [-0.39, 0.29) is 17.6 Å². The average molecular weight is 451 g/mol. The molecular formula is C27H25F3N2O. The van der Waals surface area contributed by atoms with Gasteiger partial charge >= 0.3 is 0 Å². The van der Waals surface area contributed by atoms with Crippen molar-refractivity contribution in [1.29, 1.82) is 0 Å². The van der Waals surface area contributed by atoms with Gasteiger partial charge in [0, 0.05) is 32.0 Å². The molecule has 33 heavy (non-hydrogen) atoms. The number of carbonyl (C=O) groups excluding carboxylic acids is 1. The molecule has 2 fully saturated rings. The van der Waals surface area contributed by atoms with Crippen LogP contribution < -0.4 is 5.32 Å². The fourth-order valence-electron chi connectivity index (χ4n) is 5.40. The van der Waals surface area contributed by atoms with E-state index >= 15 is 0 Å². The Morgan fingerprint density at radius 2 is 1.73 bits per heavy atom. The summed E-state index contributed by atoms with van der Waals surface area (Å²) in [5, 5.41) is 3.20. The quantitative estimate of drug-likeness (QED) is 0.577.